The van der Waals surface area contributed by atoms with Crippen molar-refractivity contribution in [2.24, 2.45) is 0 Å². The molecule has 0 aliphatic rings. The van der Waals surface area contributed by atoms with Gasteiger partial charge in [0.15, 0.2) is 0 Å². The van der Waals surface area contributed by atoms with Crippen molar-refractivity contribution in [3.05, 3.63) is 91.0 Å². The zero-order valence-electron chi connectivity index (χ0n) is 15.2. The van der Waals surface area contributed by atoms with Crippen LogP contribution in [0.1, 0.15) is 0 Å². The molecule has 0 nitrogen and oxygen atoms in total. The third-order valence-electron chi connectivity index (χ3n) is 4.30. The summed E-state index contributed by atoms with van der Waals surface area (Å²) in [5, 5.41) is 0. The van der Waals surface area contributed by atoms with Crippen molar-refractivity contribution in [2.45, 2.75) is 24.5 Å². The van der Waals surface area contributed by atoms with Gasteiger partial charge >= 0.3 is 150 Å². The van der Waals surface area contributed by atoms with E-state index in [4.69, 9.17) is 0 Å². The van der Waals surface area contributed by atoms with Gasteiger partial charge in [0.05, 0.1) is 0 Å². The topological polar surface area (TPSA) is 0 Å². The molecule has 0 amide bonds. The van der Waals surface area contributed by atoms with E-state index in [-0.39, 0.29) is 12.4 Å². The summed E-state index contributed by atoms with van der Waals surface area (Å²) >= 11 is -2.45. The van der Waals surface area contributed by atoms with Crippen molar-refractivity contribution < 1.29 is 12.4 Å². The minimum absolute atomic E-state index is 0. The zero-order valence-corrected chi connectivity index (χ0v) is 18.8. The van der Waals surface area contributed by atoms with Gasteiger partial charge in [0.1, 0.15) is 0 Å². The van der Waals surface area contributed by atoms with E-state index in [9.17, 15) is 0 Å². The monoisotopic (exact) mass is 428 g/mol. The van der Waals surface area contributed by atoms with Gasteiger partial charge in [0, 0.05) is 0 Å². The Labute approximate surface area is 162 Å². The Morgan fingerprint density at radius 1 is 0.560 bits per heavy atom. The Morgan fingerprint density at radius 2 is 0.840 bits per heavy atom. The minimum Gasteiger partial charge on any atom is -1.00 e. The van der Waals surface area contributed by atoms with E-state index in [1.54, 1.807) is 13.1 Å². The van der Waals surface area contributed by atoms with Crippen LogP contribution in [0.4, 0.5) is 0 Å². The van der Waals surface area contributed by atoms with Crippen molar-refractivity contribution in [1.29, 1.82) is 0 Å². The first-order chi connectivity index (χ1) is 11.5. The molecule has 0 bridgehead atoms. The molecule has 3 aromatic rings. The maximum atomic E-state index is 2.51. The predicted molar refractivity (Wildman–Crippen MR) is 112 cm³/mol. The molecule has 3 heteroatoms. The first-order valence-corrected chi connectivity index (χ1v) is 16.4. The SMILES string of the molecule is C[Si](C)(C)C[As+](c1ccccc1)(c1ccccc1)c1ccccc1.[Cl-]. The van der Waals surface area contributed by atoms with Crippen LogP contribution in [0.2, 0.25) is 24.5 Å². The number of halogens is 1. The predicted octanol–water partition coefficient (Wildman–Crippen LogP) is 1.04. The first kappa shape index (κ1) is 20.0. The summed E-state index contributed by atoms with van der Waals surface area (Å²) in [5.74, 6) is 0. The Balaban J connectivity index is 0.00000225. The second kappa shape index (κ2) is 8.40. The Hall–Kier alpha value is -1.27. The molecule has 0 saturated carbocycles. The number of hydrogen-bond donors (Lipinski definition) is 0. The molecule has 0 aromatic heterocycles. The molecule has 0 aliphatic carbocycles. The molecule has 0 heterocycles. The van der Waals surface area contributed by atoms with Gasteiger partial charge in [-0.1, -0.05) is 0 Å². The van der Waals surface area contributed by atoms with Gasteiger partial charge in [-0.25, -0.2) is 0 Å². The fourth-order valence-corrected chi connectivity index (χ4v) is 24.0. The first-order valence-electron chi connectivity index (χ1n) is 8.57. The number of benzene rings is 3. The molecule has 0 atom stereocenters. The Morgan fingerprint density at radius 3 is 1.08 bits per heavy atom. The van der Waals surface area contributed by atoms with Crippen molar-refractivity contribution in [3.63, 3.8) is 0 Å². The van der Waals surface area contributed by atoms with Crippen LogP contribution < -0.4 is 25.5 Å². The summed E-state index contributed by atoms with van der Waals surface area (Å²) in [6, 6.07) is 33.9. The fraction of sp³-hybridized carbons (Fsp3) is 0.182. The van der Waals surface area contributed by atoms with E-state index in [1.807, 2.05) is 0 Å². The van der Waals surface area contributed by atoms with Crippen LogP contribution in [0.3, 0.4) is 0 Å². The van der Waals surface area contributed by atoms with Crippen molar-refractivity contribution in [3.8, 4) is 0 Å². The molecule has 3 rings (SSSR count). The van der Waals surface area contributed by atoms with Gasteiger partial charge in [-0.05, 0) is 0 Å². The standard InChI is InChI=1S/C22H26AsSi.ClH/c1-24(2,3)19-23(20-13-7-4-8-14-20,21-15-9-5-10-16-21)22-17-11-6-12-18-22;/h4-18H,19H2,1-3H3;1H/q+1;/p-1. The van der Waals surface area contributed by atoms with E-state index < -0.39 is 21.6 Å². The summed E-state index contributed by atoms with van der Waals surface area (Å²) in [5.41, 5.74) is 0. The average molecular weight is 429 g/mol. The second-order valence-electron chi connectivity index (χ2n) is 7.54. The van der Waals surface area contributed by atoms with E-state index >= 15 is 0 Å². The molecule has 0 fully saturated rings. The number of hydrogen-bond acceptors (Lipinski definition) is 0. The summed E-state index contributed by atoms with van der Waals surface area (Å²) < 4.78 is 4.70. The quantitative estimate of drug-likeness (QED) is 0.533. The summed E-state index contributed by atoms with van der Waals surface area (Å²) in [6.45, 7) is 7.54. The second-order valence-corrected chi connectivity index (χ2v) is 21.6. The molecule has 0 spiro atoms. The molecular weight excluding hydrogens is 403 g/mol. The summed E-state index contributed by atoms with van der Waals surface area (Å²) in [4.78, 5) is 1.36. The fourth-order valence-electron chi connectivity index (χ4n) is 3.48. The molecule has 0 N–H and O–H groups in total. The Bertz CT molecular complexity index is 671. The molecule has 25 heavy (non-hydrogen) atoms. The molecule has 0 saturated heterocycles. The summed E-state index contributed by atoms with van der Waals surface area (Å²) in [7, 11) is -1.26. The molecular formula is C22H26AsClSi. The van der Waals surface area contributed by atoms with Gasteiger partial charge in [-0.15, -0.1) is 0 Å². The molecule has 0 radical (unpaired) electrons. The molecule has 130 valence electrons. The van der Waals surface area contributed by atoms with Crippen LogP contribution in [-0.2, 0) is 0 Å². The van der Waals surface area contributed by atoms with Crippen LogP contribution in [-0.4, -0.2) is 21.6 Å². The normalized spacial score (nSPS) is 11.6. The summed E-state index contributed by atoms with van der Waals surface area (Å²) in [6.07, 6.45) is 0. The van der Waals surface area contributed by atoms with E-state index in [0.717, 1.165) is 0 Å². The van der Waals surface area contributed by atoms with Gasteiger partial charge in [-0.2, -0.15) is 0 Å². The minimum atomic E-state index is -2.45. The molecule has 0 unspecified atom stereocenters. The smallest absolute Gasteiger partial charge is 1.00 e. The third-order valence-corrected chi connectivity index (χ3v) is 22.1. The van der Waals surface area contributed by atoms with E-state index in [0.29, 0.717) is 0 Å². The van der Waals surface area contributed by atoms with Gasteiger partial charge in [0.2, 0.25) is 0 Å². The maximum absolute atomic E-state index is 2.51. The zero-order chi connectivity index (χ0) is 17.0. The van der Waals surface area contributed by atoms with Crippen LogP contribution in [0.25, 0.3) is 0 Å². The molecule has 0 aliphatic heterocycles. The van der Waals surface area contributed by atoms with Crippen molar-refractivity contribution in [2.75, 3.05) is 0 Å². The number of rotatable bonds is 5. The largest absolute Gasteiger partial charge is 1.00 e. The van der Waals surface area contributed by atoms with Crippen LogP contribution in [0.15, 0.2) is 91.0 Å². The Kier molecular flexibility index (Phi) is 6.74. The third kappa shape index (κ3) is 4.47. The van der Waals surface area contributed by atoms with Crippen LogP contribution >= 0.6 is 0 Å². The maximum Gasteiger partial charge on any atom is -1.00 e. The van der Waals surface area contributed by atoms with E-state index in [1.165, 1.54) is 4.83 Å². The van der Waals surface area contributed by atoms with E-state index in [2.05, 4.69) is 111 Å². The van der Waals surface area contributed by atoms with Gasteiger partial charge in [-0.3, -0.25) is 0 Å². The van der Waals surface area contributed by atoms with Gasteiger partial charge in [0.25, 0.3) is 0 Å². The van der Waals surface area contributed by atoms with Crippen molar-refractivity contribution in [1.82, 2.24) is 0 Å². The van der Waals surface area contributed by atoms with Crippen molar-refractivity contribution >= 4 is 34.7 Å². The van der Waals surface area contributed by atoms with Gasteiger partial charge < -0.3 is 12.4 Å². The van der Waals surface area contributed by atoms with Crippen LogP contribution in [0.5, 0.6) is 0 Å². The van der Waals surface area contributed by atoms with Crippen LogP contribution in [0, 0.1) is 0 Å². The average Bonchev–Trinajstić information content (AvgIpc) is 2.61. The molecule has 3 aromatic carbocycles.